The fourth-order valence-electron chi connectivity index (χ4n) is 3.36. The molecule has 32 heavy (non-hydrogen) atoms. The van der Waals surface area contributed by atoms with Crippen LogP contribution in [0, 0.1) is 0 Å². The Morgan fingerprint density at radius 3 is 2.44 bits per heavy atom. The van der Waals surface area contributed by atoms with Crippen molar-refractivity contribution in [2.75, 3.05) is 30.5 Å². The van der Waals surface area contributed by atoms with E-state index in [0.29, 0.717) is 6.42 Å². The minimum Gasteiger partial charge on any atom is -0.394 e. The number of rotatable bonds is 7. The zero-order chi connectivity index (χ0) is 23.6. The summed E-state index contributed by atoms with van der Waals surface area (Å²) < 4.78 is 2.45. The summed E-state index contributed by atoms with van der Waals surface area (Å²) in [6.45, 7) is 1.98. The summed E-state index contributed by atoms with van der Waals surface area (Å²) in [7, 11) is 6.22. The number of anilines is 4. The standard InChI is InChI=1S/C21H28N8O3/c1-6-13(12-10-8-7-9-11-12)23-16-17(21(32)29(5)26-19(16)30)24-18-14(22)15(25-28(18)4)20(31)27(2)3/h7-11,13,23-24H,6,22H2,1-5H3,(H,26,30). The third kappa shape index (κ3) is 4.22. The summed E-state index contributed by atoms with van der Waals surface area (Å²) in [6, 6.07) is 9.41. The van der Waals surface area contributed by atoms with Crippen LogP contribution in [0.5, 0.6) is 0 Å². The molecule has 1 atom stereocenters. The molecule has 1 aromatic carbocycles. The number of nitrogens with zero attached hydrogens (tertiary/aromatic N) is 4. The summed E-state index contributed by atoms with van der Waals surface area (Å²) in [5, 5.41) is 12.8. The number of aromatic nitrogens is 4. The summed E-state index contributed by atoms with van der Waals surface area (Å²) >= 11 is 0. The van der Waals surface area contributed by atoms with Crippen LogP contribution in [0.3, 0.4) is 0 Å². The van der Waals surface area contributed by atoms with Crippen LogP contribution >= 0.6 is 0 Å². The van der Waals surface area contributed by atoms with Crippen molar-refractivity contribution in [3.63, 3.8) is 0 Å². The van der Waals surface area contributed by atoms with Gasteiger partial charge in [0.25, 0.3) is 17.0 Å². The fraction of sp³-hybridized carbons (Fsp3) is 0.333. The maximum absolute atomic E-state index is 13.0. The molecule has 11 nitrogen and oxygen atoms in total. The van der Waals surface area contributed by atoms with Gasteiger partial charge in [-0.2, -0.15) is 5.10 Å². The van der Waals surface area contributed by atoms with Crippen LogP contribution in [0.25, 0.3) is 0 Å². The van der Waals surface area contributed by atoms with E-state index in [2.05, 4.69) is 20.8 Å². The van der Waals surface area contributed by atoms with Crippen LogP contribution in [-0.2, 0) is 14.1 Å². The van der Waals surface area contributed by atoms with Crippen LogP contribution in [0.4, 0.5) is 22.9 Å². The van der Waals surface area contributed by atoms with Crippen molar-refractivity contribution >= 4 is 28.8 Å². The SMILES string of the molecule is CCC(Nc1c(Nc2c(N)c(C(=O)N(C)C)nn2C)c(=O)n(C)[nH]c1=O)c1ccccc1. The lowest BCUT2D eigenvalue weighted by Gasteiger charge is -2.21. The molecule has 0 bridgehead atoms. The van der Waals surface area contributed by atoms with Crippen molar-refractivity contribution < 1.29 is 4.79 Å². The lowest BCUT2D eigenvalue weighted by atomic mass is 10.0. The van der Waals surface area contributed by atoms with E-state index in [1.165, 1.54) is 16.6 Å². The first-order valence-electron chi connectivity index (χ1n) is 10.1. The van der Waals surface area contributed by atoms with Gasteiger partial charge in [0.1, 0.15) is 17.1 Å². The fourth-order valence-corrected chi connectivity index (χ4v) is 3.36. The quantitative estimate of drug-likeness (QED) is 0.435. The van der Waals surface area contributed by atoms with Crippen molar-refractivity contribution in [1.82, 2.24) is 24.5 Å². The van der Waals surface area contributed by atoms with Gasteiger partial charge in [0.2, 0.25) is 0 Å². The van der Waals surface area contributed by atoms with Crippen molar-refractivity contribution in [3.8, 4) is 0 Å². The second-order valence-corrected chi connectivity index (χ2v) is 7.63. The number of aromatic amines is 1. The molecule has 0 aliphatic heterocycles. The van der Waals surface area contributed by atoms with E-state index < -0.39 is 11.1 Å². The monoisotopic (exact) mass is 440 g/mol. The summed E-state index contributed by atoms with van der Waals surface area (Å²) in [5.74, 6) is -0.146. The maximum Gasteiger partial charge on any atom is 0.290 e. The van der Waals surface area contributed by atoms with Gasteiger partial charge in [-0.1, -0.05) is 37.3 Å². The molecule has 3 aromatic rings. The van der Waals surface area contributed by atoms with Gasteiger partial charge in [0.15, 0.2) is 11.5 Å². The van der Waals surface area contributed by atoms with E-state index in [4.69, 9.17) is 5.73 Å². The molecule has 2 aromatic heterocycles. The van der Waals surface area contributed by atoms with Gasteiger partial charge >= 0.3 is 0 Å². The molecular weight excluding hydrogens is 412 g/mol. The minimum absolute atomic E-state index is 0.00387. The van der Waals surface area contributed by atoms with Crippen LogP contribution in [0.15, 0.2) is 39.9 Å². The van der Waals surface area contributed by atoms with Crippen LogP contribution in [0.1, 0.15) is 35.4 Å². The number of nitrogens with one attached hydrogen (secondary N) is 3. The second-order valence-electron chi connectivity index (χ2n) is 7.63. The first-order chi connectivity index (χ1) is 15.1. The highest BCUT2D eigenvalue weighted by atomic mass is 16.2. The molecule has 0 radical (unpaired) electrons. The van der Waals surface area contributed by atoms with Gasteiger partial charge in [-0.15, -0.1) is 0 Å². The topological polar surface area (TPSA) is 143 Å². The van der Waals surface area contributed by atoms with Crippen molar-refractivity contribution in [3.05, 3.63) is 62.3 Å². The van der Waals surface area contributed by atoms with Gasteiger partial charge in [0.05, 0.1) is 6.04 Å². The predicted molar refractivity (Wildman–Crippen MR) is 124 cm³/mol. The van der Waals surface area contributed by atoms with Crippen molar-refractivity contribution in [2.45, 2.75) is 19.4 Å². The number of amides is 1. The number of hydrogen-bond donors (Lipinski definition) is 4. The summed E-state index contributed by atoms with van der Waals surface area (Å²) in [6.07, 6.45) is 0.674. The molecule has 2 heterocycles. The highest BCUT2D eigenvalue weighted by Crippen LogP contribution is 2.29. The Morgan fingerprint density at radius 2 is 1.84 bits per heavy atom. The molecule has 5 N–H and O–H groups in total. The van der Waals surface area contributed by atoms with E-state index in [-0.39, 0.29) is 40.5 Å². The van der Waals surface area contributed by atoms with E-state index in [0.717, 1.165) is 10.2 Å². The van der Waals surface area contributed by atoms with E-state index in [9.17, 15) is 14.4 Å². The third-order valence-corrected chi connectivity index (χ3v) is 5.13. The molecule has 0 aliphatic carbocycles. The van der Waals surface area contributed by atoms with Crippen molar-refractivity contribution in [1.29, 1.82) is 0 Å². The van der Waals surface area contributed by atoms with Gasteiger partial charge in [0, 0.05) is 28.2 Å². The number of H-pyrrole nitrogens is 1. The number of hydrogen-bond acceptors (Lipinski definition) is 7. The van der Waals surface area contributed by atoms with Gasteiger partial charge in [-0.25, -0.2) is 4.68 Å². The number of aryl methyl sites for hydroxylation is 2. The average molecular weight is 441 g/mol. The molecule has 0 aliphatic rings. The number of benzene rings is 1. The number of carbonyl (C=O) groups excluding carboxylic acids is 1. The molecule has 1 amide bonds. The Labute approximate surface area is 184 Å². The number of nitrogen functional groups attached to an aromatic ring is 1. The molecule has 0 saturated heterocycles. The molecule has 0 fully saturated rings. The summed E-state index contributed by atoms with van der Waals surface area (Å²) in [4.78, 5) is 39.5. The Bertz CT molecular complexity index is 1240. The second kappa shape index (κ2) is 9.00. The number of carbonyl (C=O) groups is 1. The molecule has 11 heteroatoms. The zero-order valence-corrected chi connectivity index (χ0v) is 18.8. The maximum atomic E-state index is 13.0. The van der Waals surface area contributed by atoms with E-state index >= 15 is 0 Å². The Balaban J connectivity index is 2.09. The van der Waals surface area contributed by atoms with E-state index in [1.54, 1.807) is 21.1 Å². The van der Waals surface area contributed by atoms with Crippen LogP contribution in [-0.4, -0.2) is 44.5 Å². The van der Waals surface area contributed by atoms with Crippen LogP contribution < -0.4 is 27.5 Å². The summed E-state index contributed by atoms with van der Waals surface area (Å²) in [5.41, 5.74) is 6.40. The van der Waals surface area contributed by atoms with Gasteiger partial charge in [-0.05, 0) is 12.0 Å². The first kappa shape index (κ1) is 22.7. The third-order valence-electron chi connectivity index (χ3n) is 5.13. The van der Waals surface area contributed by atoms with Gasteiger partial charge in [-0.3, -0.25) is 24.2 Å². The lowest BCUT2D eigenvalue weighted by Crippen LogP contribution is -2.32. The molecule has 170 valence electrons. The average Bonchev–Trinajstić information content (AvgIpc) is 3.05. The van der Waals surface area contributed by atoms with Gasteiger partial charge < -0.3 is 21.3 Å². The molecule has 0 saturated carbocycles. The number of nitrogens with two attached hydrogens (primary N) is 1. The zero-order valence-electron chi connectivity index (χ0n) is 18.8. The molecular formula is C21H28N8O3. The largest absolute Gasteiger partial charge is 0.394 e. The Hall–Kier alpha value is -4.02. The molecule has 1 unspecified atom stereocenters. The Morgan fingerprint density at radius 1 is 1.19 bits per heavy atom. The van der Waals surface area contributed by atoms with Crippen molar-refractivity contribution in [2.24, 2.45) is 14.1 Å². The predicted octanol–water partition coefficient (Wildman–Crippen LogP) is 1.40. The van der Waals surface area contributed by atoms with Crippen LogP contribution in [0.2, 0.25) is 0 Å². The van der Waals surface area contributed by atoms with E-state index in [1.807, 2.05) is 37.3 Å². The molecule has 0 spiro atoms. The Kier molecular flexibility index (Phi) is 6.37. The smallest absolute Gasteiger partial charge is 0.290 e. The highest BCUT2D eigenvalue weighted by Gasteiger charge is 2.24. The lowest BCUT2D eigenvalue weighted by molar-refractivity contribution is 0.0822. The molecule has 3 rings (SSSR count). The minimum atomic E-state index is -0.477. The highest BCUT2D eigenvalue weighted by molar-refractivity contribution is 6.00. The normalized spacial score (nSPS) is 11.8. The first-order valence-corrected chi connectivity index (χ1v) is 10.1.